The first-order valence-electron chi connectivity index (χ1n) is 6.98. The van der Waals surface area contributed by atoms with Gasteiger partial charge in [-0.2, -0.15) is 0 Å². The highest BCUT2D eigenvalue weighted by atomic mass is 35.5. The van der Waals surface area contributed by atoms with Gasteiger partial charge >= 0.3 is 0 Å². The van der Waals surface area contributed by atoms with E-state index in [4.69, 9.17) is 29.7 Å². The number of fused-ring (bicyclic) bond motifs is 1. The molecule has 0 spiro atoms. The van der Waals surface area contributed by atoms with Crippen molar-refractivity contribution in [1.82, 2.24) is 10.9 Å². The molecule has 1 fully saturated rings. The number of nitrogens with one attached hydrogen (secondary N) is 3. The molecule has 0 aliphatic heterocycles. The molecule has 0 amide bonds. The molecular weight excluding hydrogens is 318 g/mol. The third kappa shape index (κ3) is 3.23. The summed E-state index contributed by atoms with van der Waals surface area (Å²) in [6.07, 6.45) is 2.55. The van der Waals surface area contributed by atoms with Gasteiger partial charge < -0.3 is 11.1 Å². The third-order valence-electron chi connectivity index (χ3n) is 3.62. The zero-order valence-corrected chi connectivity index (χ0v) is 13.3. The van der Waals surface area contributed by atoms with Crippen LogP contribution < -0.4 is 21.9 Å². The van der Waals surface area contributed by atoms with Crippen molar-refractivity contribution in [3.8, 4) is 0 Å². The standard InChI is InChI=1S/C15H16ClN5S/c16-19-14(17)20-21-15(22)18-13-8-7-10(9-5-6-9)11-3-1-2-4-12(11)13/h1-4,7-9H,5-6H2,(H3,17,19,20)(H2,18,21,22). The molecule has 5 nitrogen and oxygen atoms in total. The summed E-state index contributed by atoms with van der Waals surface area (Å²) < 4.78 is 3.26. The van der Waals surface area contributed by atoms with Crippen LogP contribution in [0.1, 0.15) is 24.3 Å². The smallest absolute Gasteiger partial charge is 0.225 e. The minimum atomic E-state index is 0.0414. The van der Waals surface area contributed by atoms with E-state index in [1.165, 1.54) is 23.8 Å². The van der Waals surface area contributed by atoms with Crippen molar-refractivity contribution in [1.29, 1.82) is 0 Å². The highest BCUT2D eigenvalue weighted by Gasteiger charge is 2.25. The molecule has 22 heavy (non-hydrogen) atoms. The van der Waals surface area contributed by atoms with Gasteiger partial charge in [0.2, 0.25) is 5.96 Å². The van der Waals surface area contributed by atoms with Gasteiger partial charge in [0.15, 0.2) is 5.11 Å². The Bertz CT molecular complexity index is 742. The maximum atomic E-state index is 5.42. The van der Waals surface area contributed by atoms with E-state index in [2.05, 4.69) is 51.0 Å². The molecule has 0 unspecified atom stereocenters. The van der Waals surface area contributed by atoms with Gasteiger partial charge in [0.1, 0.15) is 0 Å². The molecule has 0 bridgehead atoms. The summed E-state index contributed by atoms with van der Waals surface area (Å²) in [4.78, 5) is 0. The van der Waals surface area contributed by atoms with Gasteiger partial charge in [-0.15, -0.1) is 4.51 Å². The Morgan fingerprint density at radius 1 is 1.14 bits per heavy atom. The Labute approximate surface area is 139 Å². The lowest BCUT2D eigenvalue weighted by Crippen LogP contribution is -2.46. The number of guanidine groups is 1. The quantitative estimate of drug-likeness (QED) is 0.294. The van der Waals surface area contributed by atoms with Crippen molar-refractivity contribution in [2.75, 3.05) is 5.32 Å². The Kier molecular flexibility index (Phi) is 4.31. The predicted molar refractivity (Wildman–Crippen MR) is 95.9 cm³/mol. The zero-order chi connectivity index (χ0) is 15.5. The lowest BCUT2D eigenvalue weighted by molar-refractivity contribution is 0.867. The van der Waals surface area contributed by atoms with Crippen LogP contribution in [-0.4, -0.2) is 11.1 Å². The monoisotopic (exact) mass is 333 g/mol. The summed E-state index contributed by atoms with van der Waals surface area (Å²) in [5.74, 6) is 0.741. The van der Waals surface area contributed by atoms with Gasteiger partial charge in [-0.25, -0.2) is 0 Å². The van der Waals surface area contributed by atoms with E-state index in [0.29, 0.717) is 11.0 Å². The van der Waals surface area contributed by atoms with Crippen LogP contribution in [0, 0.1) is 0 Å². The number of hydrazine groups is 1. The summed E-state index contributed by atoms with van der Waals surface area (Å²) in [7, 11) is 0. The van der Waals surface area contributed by atoms with E-state index >= 15 is 0 Å². The fourth-order valence-electron chi connectivity index (χ4n) is 2.48. The van der Waals surface area contributed by atoms with Gasteiger partial charge in [-0.1, -0.05) is 30.3 Å². The molecule has 1 aliphatic carbocycles. The minimum Gasteiger partial charge on any atom is -0.367 e. The van der Waals surface area contributed by atoms with Crippen LogP contribution in [0.25, 0.3) is 10.8 Å². The number of rotatable bonds is 2. The van der Waals surface area contributed by atoms with E-state index in [1.54, 1.807) is 0 Å². The highest BCUT2D eigenvalue weighted by molar-refractivity contribution is 7.80. The van der Waals surface area contributed by atoms with Crippen molar-refractivity contribution in [2.24, 2.45) is 10.2 Å². The van der Waals surface area contributed by atoms with Crippen molar-refractivity contribution in [3.05, 3.63) is 42.0 Å². The Hall–Kier alpha value is -2.05. The molecule has 2 aromatic carbocycles. The molecule has 114 valence electrons. The summed E-state index contributed by atoms with van der Waals surface area (Å²) in [5.41, 5.74) is 13.1. The number of anilines is 1. The van der Waals surface area contributed by atoms with Gasteiger partial charge in [-0.05, 0) is 48.0 Å². The van der Waals surface area contributed by atoms with Crippen LogP contribution in [0.5, 0.6) is 0 Å². The molecule has 3 rings (SSSR count). The number of nitrogens with two attached hydrogens (primary N) is 1. The maximum Gasteiger partial charge on any atom is 0.225 e. The lowest BCUT2D eigenvalue weighted by atomic mass is 10.00. The first kappa shape index (κ1) is 14.9. The van der Waals surface area contributed by atoms with Crippen molar-refractivity contribution >= 4 is 51.5 Å². The van der Waals surface area contributed by atoms with E-state index in [1.807, 2.05) is 6.07 Å². The number of hydrogen-bond donors (Lipinski definition) is 4. The average Bonchev–Trinajstić information content (AvgIpc) is 3.37. The van der Waals surface area contributed by atoms with E-state index in [0.717, 1.165) is 11.1 Å². The van der Waals surface area contributed by atoms with Gasteiger partial charge in [0, 0.05) is 22.9 Å². The Morgan fingerprint density at radius 2 is 1.86 bits per heavy atom. The Balaban J connectivity index is 1.82. The van der Waals surface area contributed by atoms with Crippen molar-refractivity contribution < 1.29 is 0 Å². The number of halogens is 1. The van der Waals surface area contributed by atoms with Crippen LogP contribution in [0.3, 0.4) is 0 Å². The maximum absolute atomic E-state index is 5.42. The predicted octanol–water partition coefficient (Wildman–Crippen LogP) is 2.98. The lowest BCUT2D eigenvalue weighted by Gasteiger charge is -2.15. The number of benzene rings is 2. The molecule has 1 saturated carbocycles. The summed E-state index contributed by atoms with van der Waals surface area (Å²) in [6.45, 7) is 0. The normalized spacial score (nSPS) is 14.7. The first-order valence-corrected chi connectivity index (χ1v) is 7.72. The van der Waals surface area contributed by atoms with Crippen molar-refractivity contribution in [3.63, 3.8) is 0 Å². The zero-order valence-electron chi connectivity index (χ0n) is 11.8. The first-order chi connectivity index (χ1) is 10.7. The topological polar surface area (TPSA) is 74.5 Å². The van der Waals surface area contributed by atoms with E-state index in [-0.39, 0.29) is 5.96 Å². The molecule has 0 atom stereocenters. The van der Waals surface area contributed by atoms with Crippen molar-refractivity contribution in [2.45, 2.75) is 18.8 Å². The second-order valence-corrected chi connectivity index (χ2v) is 5.77. The van der Waals surface area contributed by atoms with Gasteiger partial charge in [-0.3, -0.25) is 10.9 Å². The molecule has 0 saturated heterocycles. The van der Waals surface area contributed by atoms with Crippen LogP contribution in [0.4, 0.5) is 5.69 Å². The molecule has 0 aromatic heterocycles. The SMILES string of the molecule is NC(=NCl)NNC(=S)Nc1ccc(C2CC2)c2ccccc12. The molecule has 1 aliphatic rings. The second-order valence-electron chi connectivity index (χ2n) is 5.20. The number of hydrogen-bond acceptors (Lipinski definition) is 2. The average molecular weight is 334 g/mol. The summed E-state index contributed by atoms with van der Waals surface area (Å²) in [6, 6.07) is 12.6. The number of thiocarbonyl (C=S) groups is 1. The Morgan fingerprint density at radius 3 is 2.55 bits per heavy atom. The fraction of sp³-hybridized carbons (Fsp3) is 0.200. The van der Waals surface area contributed by atoms with E-state index in [9.17, 15) is 0 Å². The molecule has 2 aromatic rings. The molecule has 7 heteroatoms. The van der Waals surface area contributed by atoms with Crippen LogP contribution in [0.2, 0.25) is 0 Å². The van der Waals surface area contributed by atoms with Crippen LogP contribution >= 0.6 is 24.0 Å². The number of nitrogens with zero attached hydrogens (tertiary/aromatic N) is 1. The summed E-state index contributed by atoms with van der Waals surface area (Å²) in [5, 5.41) is 5.96. The van der Waals surface area contributed by atoms with Gasteiger partial charge in [0.05, 0.1) is 0 Å². The third-order valence-corrected chi connectivity index (χ3v) is 4.00. The largest absolute Gasteiger partial charge is 0.367 e. The van der Waals surface area contributed by atoms with E-state index < -0.39 is 0 Å². The van der Waals surface area contributed by atoms with Crippen LogP contribution in [-0.2, 0) is 0 Å². The second kappa shape index (κ2) is 6.37. The molecule has 0 radical (unpaired) electrons. The fourth-order valence-corrected chi connectivity index (χ4v) is 2.68. The van der Waals surface area contributed by atoms with Crippen LogP contribution in [0.15, 0.2) is 40.9 Å². The summed E-state index contributed by atoms with van der Waals surface area (Å²) >= 11 is 10.4. The minimum absolute atomic E-state index is 0.0414. The van der Waals surface area contributed by atoms with Gasteiger partial charge in [0.25, 0.3) is 0 Å². The molecule has 5 N–H and O–H groups in total. The molecular formula is C15H16ClN5S. The molecule has 0 heterocycles. The highest BCUT2D eigenvalue weighted by Crippen LogP contribution is 2.44.